The Morgan fingerprint density at radius 1 is 0.426 bits per heavy atom. The van der Waals surface area contributed by atoms with Gasteiger partial charge in [-0.2, -0.15) is 0 Å². The van der Waals surface area contributed by atoms with Crippen molar-refractivity contribution in [3.05, 3.63) is 207 Å². The second-order valence-electron chi connectivity index (χ2n) is 17.9. The molecular formula is C56H44O12. The van der Waals surface area contributed by atoms with Gasteiger partial charge in [-0.1, -0.05) is 48.6 Å². The van der Waals surface area contributed by atoms with E-state index in [0.717, 1.165) is 0 Å². The Kier molecular flexibility index (Phi) is 9.92. The molecule has 0 radical (unpaired) electrons. The van der Waals surface area contributed by atoms with E-state index in [-0.39, 0.29) is 63.4 Å². The first-order valence-corrected chi connectivity index (χ1v) is 22.1. The summed E-state index contributed by atoms with van der Waals surface area (Å²) in [7, 11) is 0. The Hall–Kier alpha value is -8.64. The van der Waals surface area contributed by atoms with Crippen molar-refractivity contribution in [2.45, 2.75) is 42.3 Å². The minimum absolute atomic E-state index is 0.00812. The van der Waals surface area contributed by atoms with Crippen LogP contribution in [0.3, 0.4) is 0 Å². The summed E-state index contributed by atoms with van der Waals surface area (Å²) in [5.41, 5.74) is 6.37. The molecule has 10 N–H and O–H groups in total. The van der Waals surface area contributed by atoms with E-state index in [9.17, 15) is 51.1 Å². The van der Waals surface area contributed by atoms with E-state index in [2.05, 4.69) is 0 Å². The molecule has 2 aliphatic heterocycles. The average molecular weight is 909 g/mol. The molecule has 11 rings (SSSR count). The molecule has 0 saturated heterocycles. The lowest BCUT2D eigenvalue weighted by Gasteiger charge is -2.31. The van der Waals surface area contributed by atoms with Gasteiger partial charge in [0.15, 0.2) is 0 Å². The highest BCUT2D eigenvalue weighted by Gasteiger charge is 2.48. The molecule has 12 heteroatoms. The normalized spacial score (nSPS) is 22.1. The van der Waals surface area contributed by atoms with Gasteiger partial charge >= 0.3 is 0 Å². The minimum atomic E-state index is -0.853. The fourth-order valence-corrected chi connectivity index (χ4v) is 10.9. The van der Waals surface area contributed by atoms with Crippen LogP contribution in [0.4, 0.5) is 0 Å². The number of hydrogen-bond acceptors (Lipinski definition) is 12. The number of benzene rings is 7. The van der Waals surface area contributed by atoms with Crippen molar-refractivity contribution in [2.24, 2.45) is 5.92 Å². The van der Waals surface area contributed by atoms with Crippen LogP contribution in [-0.2, 0) is 0 Å². The second kappa shape index (κ2) is 16.1. The van der Waals surface area contributed by atoms with Gasteiger partial charge in [0.25, 0.3) is 0 Å². The Labute approximate surface area is 389 Å². The first-order chi connectivity index (χ1) is 32.8. The van der Waals surface area contributed by atoms with Gasteiger partial charge in [0.2, 0.25) is 0 Å². The molecule has 7 aromatic carbocycles. The third kappa shape index (κ3) is 7.17. The largest absolute Gasteiger partial charge is 0.508 e. The number of rotatable bonds is 7. The van der Waals surface area contributed by atoms with Gasteiger partial charge < -0.3 is 60.5 Å². The molecule has 0 saturated carbocycles. The monoisotopic (exact) mass is 908 g/mol. The standard InChI is InChI=1S/C56H44O12/c57-33-10-4-28(5-11-33)49-51(42-23-40(64)26-47-53(42)54(43-22-39(63)24-45(66)52(43)49)56(68-47)30-8-14-35(59)15-9-30)41-17-27(2-16-44(41)65)1-3-31-18-38(62)25-46-48(31)50(32-19-36(60)21-37(61)20-32)55(67-46)29-6-12-34(58)13-7-29/h1-6,8-26,29,49-51,54-66H,7H2/b3-1+/t29?,49-,50+,51?,54+,55-,56-/m1/s1. The first-order valence-electron chi connectivity index (χ1n) is 22.1. The van der Waals surface area contributed by atoms with Crippen molar-refractivity contribution in [1.82, 2.24) is 0 Å². The van der Waals surface area contributed by atoms with Crippen molar-refractivity contribution in [1.29, 1.82) is 0 Å². The summed E-state index contributed by atoms with van der Waals surface area (Å²) >= 11 is 0. The van der Waals surface area contributed by atoms with Crippen LogP contribution >= 0.6 is 0 Å². The van der Waals surface area contributed by atoms with E-state index in [1.54, 1.807) is 91.0 Å². The fourth-order valence-electron chi connectivity index (χ4n) is 10.9. The Bertz CT molecular complexity index is 3240. The second-order valence-corrected chi connectivity index (χ2v) is 17.9. The van der Waals surface area contributed by atoms with Gasteiger partial charge in [-0.3, -0.25) is 0 Å². The van der Waals surface area contributed by atoms with Gasteiger partial charge in [0, 0.05) is 64.3 Å². The van der Waals surface area contributed by atoms with Crippen LogP contribution in [0.2, 0.25) is 0 Å². The van der Waals surface area contributed by atoms with Crippen LogP contribution in [0.5, 0.6) is 63.2 Å². The average Bonchev–Trinajstić information content (AvgIpc) is 3.84. The molecule has 7 aromatic rings. The summed E-state index contributed by atoms with van der Waals surface area (Å²) in [6.07, 6.45) is 7.95. The maximum absolute atomic E-state index is 12.1. The van der Waals surface area contributed by atoms with Crippen molar-refractivity contribution < 1.29 is 60.5 Å². The lowest BCUT2D eigenvalue weighted by molar-refractivity contribution is 0.167. The number of aliphatic hydroxyl groups excluding tert-OH is 1. The first kappa shape index (κ1) is 42.0. The SMILES string of the molecule is OC1=CCC([C@H]2Oc3cc(O)cc(/C=C/c4ccc(O)c(C5c6cc(O)cc7c6[C@H](c6cc(O)cc(O)c6[C@@H]5c5ccc(O)cc5)[C@@H](c5ccc(O)cc5)O7)c4)c3[C@@H]2c2cc(O)cc(O)c2)C=C1. The topological polar surface area (TPSA) is 221 Å². The van der Waals surface area contributed by atoms with E-state index in [0.29, 0.717) is 79.1 Å². The summed E-state index contributed by atoms with van der Waals surface area (Å²) in [5, 5.41) is 110. The number of ether oxygens (including phenoxy) is 2. The molecule has 2 heterocycles. The van der Waals surface area contributed by atoms with E-state index in [4.69, 9.17) is 9.47 Å². The van der Waals surface area contributed by atoms with Crippen LogP contribution in [0, 0.1) is 5.92 Å². The third-order valence-corrected chi connectivity index (χ3v) is 13.7. The van der Waals surface area contributed by atoms with Gasteiger partial charge in [-0.05, 0) is 124 Å². The lowest BCUT2D eigenvalue weighted by atomic mass is 9.72. The van der Waals surface area contributed by atoms with Gasteiger partial charge in [-0.25, -0.2) is 0 Å². The van der Waals surface area contributed by atoms with Crippen LogP contribution in [0.1, 0.15) is 97.4 Å². The third-order valence-electron chi connectivity index (χ3n) is 13.7. The Morgan fingerprint density at radius 3 is 1.72 bits per heavy atom. The maximum atomic E-state index is 12.1. The Balaban J connectivity index is 1.09. The number of aromatic hydroxyl groups is 9. The molecule has 7 atom stereocenters. The van der Waals surface area contributed by atoms with Crippen LogP contribution < -0.4 is 9.47 Å². The zero-order chi connectivity index (χ0) is 47.1. The number of fused-ring (bicyclic) bond motifs is 3. The fraction of sp³-hybridized carbons (Fsp3) is 0.143. The highest BCUT2D eigenvalue weighted by Crippen LogP contribution is 2.63. The molecule has 12 nitrogen and oxygen atoms in total. The van der Waals surface area contributed by atoms with Gasteiger partial charge in [0.05, 0.1) is 11.8 Å². The quantitative estimate of drug-likeness (QED) is 0.0675. The summed E-state index contributed by atoms with van der Waals surface area (Å²) in [5.74, 6) is -3.11. The summed E-state index contributed by atoms with van der Waals surface area (Å²) in [4.78, 5) is 0. The van der Waals surface area contributed by atoms with Crippen molar-refractivity contribution in [3.63, 3.8) is 0 Å². The number of allylic oxidation sites excluding steroid dienone is 2. The smallest absolute Gasteiger partial charge is 0.135 e. The van der Waals surface area contributed by atoms with Crippen molar-refractivity contribution in [3.8, 4) is 63.2 Å². The molecule has 0 amide bonds. The number of hydrogen-bond donors (Lipinski definition) is 10. The van der Waals surface area contributed by atoms with E-state index in [1.807, 2.05) is 24.3 Å². The molecule has 340 valence electrons. The summed E-state index contributed by atoms with van der Waals surface area (Å²) < 4.78 is 13.3. The predicted molar refractivity (Wildman–Crippen MR) is 252 cm³/mol. The zero-order valence-electron chi connectivity index (χ0n) is 36.0. The Morgan fingerprint density at radius 2 is 1.04 bits per heavy atom. The molecule has 0 bridgehead atoms. The van der Waals surface area contributed by atoms with Crippen molar-refractivity contribution >= 4 is 12.2 Å². The maximum Gasteiger partial charge on any atom is 0.135 e. The van der Waals surface area contributed by atoms with Crippen LogP contribution in [0.15, 0.2) is 145 Å². The van der Waals surface area contributed by atoms with Crippen molar-refractivity contribution in [2.75, 3.05) is 0 Å². The van der Waals surface area contributed by atoms with Crippen LogP contribution in [-0.4, -0.2) is 57.2 Å². The molecular weight excluding hydrogens is 865 g/mol. The van der Waals surface area contributed by atoms with E-state index < -0.39 is 35.9 Å². The zero-order valence-corrected chi connectivity index (χ0v) is 36.0. The summed E-state index contributed by atoms with van der Waals surface area (Å²) in [6.45, 7) is 0. The predicted octanol–water partition coefficient (Wildman–Crippen LogP) is 10.7. The number of phenolic OH excluding ortho intramolecular Hbond substituents is 9. The van der Waals surface area contributed by atoms with E-state index >= 15 is 0 Å². The molecule has 0 fully saturated rings. The number of aliphatic hydroxyl groups is 1. The van der Waals surface area contributed by atoms with Gasteiger partial charge in [0.1, 0.15) is 81.2 Å². The molecule has 4 aliphatic rings. The molecule has 2 unspecified atom stereocenters. The number of phenols is 9. The van der Waals surface area contributed by atoms with Crippen LogP contribution in [0.25, 0.3) is 12.2 Å². The highest BCUT2D eigenvalue weighted by atomic mass is 16.5. The molecule has 0 spiro atoms. The molecule has 68 heavy (non-hydrogen) atoms. The summed E-state index contributed by atoms with van der Waals surface area (Å²) in [6, 6.07) is 31.7. The van der Waals surface area contributed by atoms with Gasteiger partial charge in [-0.15, -0.1) is 0 Å². The lowest BCUT2D eigenvalue weighted by Crippen LogP contribution is -2.29. The van der Waals surface area contributed by atoms with E-state index in [1.165, 1.54) is 36.4 Å². The molecule has 0 aromatic heterocycles. The molecule has 2 aliphatic carbocycles. The highest BCUT2D eigenvalue weighted by molar-refractivity contribution is 5.77. The minimum Gasteiger partial charge on any atom is -0.508 e.